The van der Waals surface area contributed by atoms with E-state index in [1.54, 1.807) is 5.57 Å². The molecule has 0 nitrogen and oxygen atoms in total. The molecule has 0 aromatic rings. The van der Waals surface area contributed by atoms with Crippen LogP contribution in [0, 0.1) is 23.2 Å². The van der Waals surface area contributed by atoms with Crippen LogP contribution in [-0.4, -0.2) is 0 Å². The topological polar surface area (TPSA) is 0 Å². The van der Waals surface area contributed by atoms with Gasteiger partial charge in [0.15, 0.2) is 0 Å². The predicted molar refractivity (Wildman–Crippen MR) is 76.0 cm³/mol. The zero-order chi connectivity index (χ0) is 12.5. The normalized spacial score (nSPS) is 39.1. The molecule has 0 aromatic carbocycles. The van der Waals surface area contributed by atoms with Crippen molar-refractivity contribution in [1.29, 1.82) is 0 Å². The van der Waals surface area contributed by atoms with Gasteiger partial charge in [-0.25, -0.2) is 0 Å². The summed E-state index contributed by atoms with van der Waals surface area (Å²) in [6, 6.07) is 0. The Morgan fingerprint density at radius 1 is 1.41 bits per heavy atom. The lowest BCUT2D eigenvalue weighted by molar-refractivity contribution is 0.0937. The van der Waals surface area contributed by atoms with Gasteiger partial charge in [0, 0.05) is 0 Å². The Morgan fingerprint density at radius 3 is 2.88 bits per heavy atom. The fraction of sp³-hybridized carbons (Fsp3) is 0.882. The van der Waals surface area contributed by atoms with Gasteiger partial charge in [-0.3, -0.25) is 0 Å². The molecule has 2 rings (SSSR count). The smallest absolute Gasteiger partial charge is 0.0149 e. The van der Waals surface area contributed by atoms with Crippen molar-refractivity contribution in [2.45, 2.75) is 72.1 Å². The Balaban J connectivity index is 2.07. The Morgan fingerprint density at radius 2 is 2.18 bits per heavy atom. The summed E-state index contributed by atoms with van der Waals surface area (Å²) in [6.45, 7) is 11.7. The molecule has 0 N–H and O–H groups in total. The second-order valence-electron chi connectivity index (χ2n) is 6.87. The Bertz CT molecular complexity index is 278. The summed E-state index contributed by atoms with van der Waals surface area (Å²) in [5.74, 6) is 2.75. The van der Waals surface area contributed by atoms with Crippen LogP contribution in [0.4, 0.5) is 0 Å². The molecule has 98 valence electrons. The van der Waals surface area contributed by atoms with Gasteiger partial charge in [-0.05, 0) is 55.3 Å². The standard InChI is InChI=1S/C17H30/c1-5-6-8-13(2)15-10-11-16-14(3)9-7-12-17(15,16)4/h13,15-16H,3,5-12H2,1-2,4H3. The molecule has 2 saturated carbocycles. The Kier molecular flexibility index (Phi) is 4.00. The molecule has 2 aliphatic rings. The van der Waals surface area contributed by atoms with Crippen molar-refractivity contribution in [3.05, 3.63) is 12.2 Å². The quantitative estimate of drug-likeness (QED) is 0.557. The summed E-state index contributed by atoms with van der Waals surface area (Å²) in [6.07, 6.45) is 11.2. The molecule has 2 fully saturated rings. The van der Waals surface area contributed by atoms with Crippen LogP contribution in [0.1, 0.15) is 72.1 Å². The van der Waals surface area contributed by atoms with Gasteiger partial charge in [-0.15, -0.1) is 0 Å². The fourth-order valence-corrected chi connectivity index (χ4v) is 4.83. The van der Waals surface area contributed by atoms with Gasteiger partial charge in [0.2, 0.25) is 0 Å². The molecule has 0 radical (unpaired) electrons. The molecule has 0 aliphatic heterocycles. The lowest BCUT2D eigenvalue weighted by Crippen LogP contribution is -2.35. The molecule has 0 spiro atoms. The molecule has 2 aliphatic carbocycles. The molecule has 0 heteroatoms. The fourth-order valence-electron chi connectivity index (χ4n) is 4.83. The highest BCUT2D eigenvalue weighted by atomic mass is 14.5. The van der Waals surface area contributed by atoms with E-state index in [2.05, 4.69) is 27.4 Å². The highest BCUT2D eigenvalue weighted by Crippen LogP contribution is 2.59. The van der Waals surface area contributed by atoms with Crippen LogP contribution in [0.2, 0.25) is 0 Å². The van der Waals surface area contributed by atoms with Crippen LogP contribution in [0.3, 0.4) is 0 Å². The number of allylic oxidation sites excluding steroid dienone is 1. The second-order valence-corrected chi connectivity index (χ2v) is 6.87. The van der Waals surface area contributed by atoms with Crippen molar-refractivity contribution >= 4 is 0 Å². The first-order chi connectivity index (χ1) is 8.09. The van der Waals surface area contributed by atoms with Crippen LogP contribution in [0.5, 0.6) is 0 Å². The van der Waals surface area contributed by atoms with E-state index in [0.717, 1.165) is 17.8 Å². The third kappa shape index (κ3) is 2.33. The first-order valence-corrected chi connectivity index (χ1v) is 7.77. The van der Waals surface area contributed by atoms with E-state index in [1.165, 1.54) is 51.4 Å². The summed E-state index contributed by atoms with van der Waals surface area (Å²) < 4.78 is 0. The molecular weight excluding hydrogens is 204 g/mol. The zero-order valence-electron chi connectivity index (χ0n) is 12.1. The third-order valence-electron chi connectivity index (χ3n) is 5.82. The maximum absolute atomic E-state index is 4.36. The summed E-state index contributed by atoms with van der Waals surface area (Å²) in [4.78, 5) is 0. The van der Waals surface area contributed by atoms with E-state index >= 15 is 0 Å². The van der Waals surface area contributed by atoms with E-state index < -0.39 is 0 Å². The van der Waals surface area contributed by atoms with Gasteiger partial charge in [0.1, 0.15) is 0 Å². The van der Waals surface area contributed by atoms with Gasteiger partial charge in [0.25, 0.3) is 0 Å². The molecule has 0 heterocycles. The molecule has 0 bridgehead atoms. The molecular formula is C17H30. The summed E-state index contributed by atoms with van der Waals surface area (Å²) >= 11 is 0. The molecule has 0 saturated heterocycles. The minimum Gasteiger partial charge on any atom is -0.0996 e. The average Bonchev–Trinajstić information content (AvgIpc) is 2.64. The predicted octanol–water partition coefficient (Wildman–Crippen LogP) is 5.59. The highest BCUT2D eigenvalue weighted by Gasteiger charge is 2.49. The summed E-state index contributed by atoms with van der Waals surface area (Å²) in [7, 11) is 0. The summed E-state index contributed by atoms with van der Waals surface area (Å²) in [5.41, 5.74) is 2.17. The molecule has 4 unspecified atom stereocenters. The van der Waals surface area contributed by atoms with E-state index in [1.807, 2.05) is 0 Å². The molecule has 4 atom stereocenters. The van der Waals surface area contributed by atoms with E-state index in [-0.39, 0.29) is 0 Å². The minimum atomic E-state index is 0.600. The van der Waals surface area contributed by atoms with Crippen molar-refractivity contribution in [2.75, 3.05) is 0 Å². The SMILES string of the molecule is C=C1CCCC2(C)C1CCC2C(C)CCCC. The molecule has 17 heavy (non-hydrogen) atoms. The number of rotatable bonds is 4. The first kappa shape index (κ1) is 13.2. The average molecular weight is 234 g/mol. The van der Waals surface area contributed by atoms with Gasteiger partial charge in [0.05, 0.1) is 0 Å². The van der Waals surface area contributed by atoms with Crippen LogP contribution in [0.15, 0.2) is 12.2 Å². The van der Waals surface area contributed by atoms with Crippen LogP contribution < -0.4 is 0 Å². The maximum atomic E-state index is 4.36. The van der Waals surface area contributed by atoms with Crippen molar-refractivity contribution in [3.8, 4) is 0 Å². The number of hydrogen-bond donors (Lipinski definition) is 0. The third-order valence-corrected chi connectivity index (χ3v) is 5.82. The lowest BCUT2D eigenvalue weighted by Gasteiger charge is -2.44. The van der Waals surface area contributed by atoms with Crippen LogP contribution >= 0.6 is 0 Å². The minimum absolute atomic E-state index is 0.600. The van der Waals surface area contributed by atoms with E-state index in [4.69, 9.17) is 0 Å². The zero-order valence-corrected chi connectivity index (χ0v) is 12.1. The van der Waals surface area contributed by atoms with E-state index in [0.29, 0.717) is 5.41 Å². The highest BCUT2D eigenvalue weighted by molar-refractivity contribution is 5.15. The van der Waals surface area contributed by atoms with Gasteiger partial charge < -0.3 is 0 Å². The maximum Gasteiger partial charge on any atom is -0.0149 e. The van der Waals surface area contributed by atoms with Crippen molar-refractivity contribution < 1.29 is 0 Å². The van der Waals surface area contributed by atoms with Crippen LogP contribution in [-0.2, 0) is 0 Å². The van der Waals surface area contributed by atoms with Gasteiger partial charge >= 0.3 is 0 Å². The van der Waals surface area contributed by atoms with Gasteiger partial charge in [-0.1, -0.05) is 52.2 Å². The Labute approximate surface area is 108 Å². The monoisotopic (exact) mass is 234 g/mol. The Hall–Kier alpha value is -0.260. The van der Waals surface area contributed by atoms with Crippen LogP contribution in [0.25, 0.3) is 0 Å². The lowest BCUT2D eigenvalue weighted by atomic mass is 9.61. The summed E-state index contributed by atoms with van der Waals surface area (Å²) in [5, 5.41) is 0. The number of fused-ring (bicyclic) bond motifs is 1. The largest absolute Gasteiger partial charge is 0.0996 e. The van der Waals surface area contributed by atoms with Crippen molar-refractivity contribution in [1.82, 2.24) is 0 Å². The van der Waals surface area contributed by atoms with Gasteiger partial charge in [-0.2, -0.15) is 0 Å². The van der Waals surface area contributed by atoms with E-state index in [9.17, 15) is 0 Å². The van der Waals surface area contributed by atoms with Crippen molar-refractivity contribution in [2.24, 2.45) is 23.2 Å². The molecule has 0 amide bonds. The number of hydrogen-bond acceptors (Lipinski definition) is 0. The molecule has 0 aromatic heterocycles. The van der Waals surface area contributed by atoms with Crippen molar-refractivity contribution in [3.63, 3.8) is 0 Å². The first-order valence-electron chi connectivity index (χ1n) is 7.77. The number of unbranched alkanes of at least 4 members (excludes halogenated alkanes) is 1. The second kappa shape index (κ2) is 5.16.